The number of rotatable bonds is 6. The molecule has 3 rings (SSSR count). The molecule has 8 heteroatoms. The van der Waals surface area contributed by atoms with Gasteiger partial charge in [-0.2, -0.15) is 0 Å². The summed E-state index contributed by atoms with van der Waals surface area (Å²) >= 11 is 0. The molecule has 1 saturated heterocycles. The van der Waals surface area contributed by atoms with E-state index in [0.717, 1.165) is 18.6 Å². The van der Waals surface area contributed by atoms with E-state index in [-0.39, 0.29) is 18.3 Å². The van der Waals surface area contributed by atoms with E-state index in [1.54, 1.807) is 6.92 Å². The van der Waals surface area contributed by atoms with Crippen molar-refractivity contribution < 1.29 is 17.6 Å². The third-order valence-corrected chi connectivity index (χ3v) is 5.93. The van der Waals surface area contributed by atoms with E-state index in [1.807, 2.05) is 30.3 Å². The maximum atomic E-state index is 12.0. The largest absolute Gasteiger partial charge is 0.484 e. The molecule has 1 atom stereocenters. The summed E-state index contributed by atoms with van der Waals surface area (Å²) in [5, 5.41) is 8.08. The fraction of sp³-hybridized carbons (Fsp3) is 0.500. The maximum Gasteiger partial charge on any atom is 0.253 e. The lowest BCUT2D eigenvalue weighted by Crippen LogP contribution is -2.39. The van der Waals surface area contributed by atoms with Gasteiger partial charge in [-0.25, -0.2) is 12.7 Å². The first-order valence-electron chi connectivity index (χ1n) is 8.06. The van der Waals surface area contributed by atoms with E-state index in [9.17, 15) is 8.42 Å². The molecular formula is C16H21N3O4S. The van der Waals surface area contributed by atoms with Gasteiger partial charge in [-0.15, -0.1) is 10.2 Å². The van der Waals surface area contributed by atoms with Crippen molar-refractivity contribution in [2.75, 3.05) is 18.8 Å². The number of benzene rings is 1. The molecule has 2 aromatic rings. The van der Waals surface area contributed by atoms with Gasteiger partial charge in [0.25, 0.3) is 5.89 Å². The van der Waals surface area contributed by atoms with Crippen LogP contribution in [0.1, 0.15) is 37.5 Å². The Balaban J connectivity index is 1.62. The first-order chi connectivity index (χ1) is 11.6. The minimum absolute atomic E-state index is 0.0574. The smallest absolute Gasteiger partial charge is 0.253 e. The van der Waals surface area contributed by atoms with Crippen molar-refractivity contribution in [1.82, 2.24) is 14.5 Å². The van der Waals surface area contributed by atoms with Gasteiger partial charge in [0.15, 0.2) is 6.61 Å². The number of hydrogen-bond acceptors (Lipinski definition) is 6. The normalized spacial score (nSPS) is 19.3. The third-order valence-electron chi connectivity index (χ3n) is 4.08. The highest BCUT2D eigenvalue weighted by atomic mass is 32.2. The predicted molar refractivity (Wildman–Crippen MR) is 88.1 cm³/mol. The SMILES string of the molecule is CCS(=O)(=O)N1CCCC(c2nnc(COc3ccccc3)o2)C1. The van der Waals surface area contributed by atoms with Crippen LogP contribution in [0.25, 0.3) is 0 Å². The van der Waals surface area contributed by atoms with Crippen molar-refractivity contribution >= 4 is 10.0 Å². The van der Waals surface area contributed by atoms with Gasteiger partial charge in [-0.3, -0.25) is 0 Å². The fourth-order valence-electron chi connectivity index (χ4n) is 2.73. The van der Waals surface area contributed by atoms with Crippen LogP contribution in [0.5, 0.6) is 5.75 Å². The minimum Gasteiger partial charge on any atom is -0.484 e. The van der Waals surface area contributed by atoms with E-state index in [4.69, 9.17) is 9.15 Å². The van der Waals surface area contributed by atoms with Gasteiger partial charge in [-0.1, -0.05) is 18.2 Å². The Morgan fingerprint density at radius 3 is 2.83 bits per heavy atom. The molecule has 1 aliphatic heterocycles. The number of nitrogens with zero attached hydrogens (tertiary/aromatic N) is 3. The van der Waals surface area contributed by atoms with Gasteiger partial charge in [0.05, 0.1) is 11.7 Å². The third kappa shape index (κ3) is 3.93. The van der Waals surface area contributed by atoms with Crippen molar-refractivity contribution in [3.8, 4) is 5.75 Å². The molecule has 0 saturated carbocycles. The summed E-state index contributed by atoms with van der Waals surface area (Å²) in [6, 6.07) is 9.40. The van der Waals surface area contributed by atoms with Crippen LogP contribution in [-0.4, -0.2) is 41.8 Å². The number of ether oxygens (including phenoxy) is 1. The summed E-state index contributed by atoms with van der Waals surface area (Å²) in [5.74, 6) is 1.66. The Hall–Kier alpha value is -1.93. The van der Waals surface area contributed by atoms with Crippen LogP contribution < -0.4 is 4.74 Å². The molecule has 0 N–H and O–H groups in total. The molecule has 24 heavy (non-hydrogen) atoms. The average Bonchev–Trinajstić information content (AvgIpc) is 3.10. The quantitative estimate of drug-likeness (QED) is 0.793. The van der Waals surface area contributed by atoms with Crippen LogP contribution in [0, 0.1) is 0 Å². The van der Waals surface area contributed by atoms with Crippen LogP contribution in [0.4, 0.5) is 0 Å². The van der Waals surface area contributed by atoms with Crippen LogP contribution in [0.3, 0.4) is 0 Å². The van der Waals surface area contributed by atoms with Crippen LogP contribution in [0.2, 0.25) is 0 Å². The number of piperidine rings is 1. The fourth-order valence-corrected chi connectivity index (χ4v) is 3.91. The summed E-state index contributed by atoms with van der Waals surface area (Å²) < 4.78 is 36.8. The topological polar surface area (TPSA) is 85.5 Å². The Bertz CT molecular complexity index is 761. The molecule has 130 valence electrons. The van der Waals surface area contributed by atoms with Crippen molar-refractivity contribution in [2.45, 2.75) is 32.3 Å². The van der Waals surface area contributed by atoms with Crippen molar-refractivity contribution in [3.63, 3.8) is 0 Å². The Labute approximate surface area is 141 Å². The molecule has 1 aromatic carbocycles. The lowest BCUT2D eigenvalue weighted by molar-refractivity contribution is 0.243. The molecule has 0 radical (unpaired) electrons. The molecule has 1 aliphatic rings. The van der Waals surface area contributed by atoms with E-state index < -0.39 is 10.0 Å². The molecule has 0 amide bonds. The second-order valence-corrected chi connectivity index (χ2v) is 7.99. The molecule has 1 unspecified atom stereocenters. The van der Waals surface area contributed by atoms with E-state index in [0.29, 0.717) is 24.9 Å². The van der Waals surface area contributed by atoms with Crippen LogP contribution >= 0.6 is 0 Å². The first kappa shape index (κ1) is 16.9. The minimum atomic E-state index is -3.18. The lowest BCUT2D eigenvalue weighted by Gasteiger charge is -2.29. The molecular weight excluding hydrogens is 330 g/mol. The van der Waals surface area contributed by atoms with Gasteiger partial charge in [-0.05, 0) is 31.9 Å². The monoisotopic (exact) mass is 351 g/mol. The van der Waals surface area contributed by atoms with E-state index in [2.05, 4.69) is 10.2 Å². The first-order valence-corrected chi connectivity index (χ1v) is 9.67. The van der Waals surface area contributed by atoms with Gasteiger partial charge in [0, 0.05) is 13.1 Å². The molecule has 1 aromatic heterocycles. The predicted octanol–water partition coefficient (Wildman–Crippen LogP) is 2.18. The van der Waals surface area contributed by atoms with E-state index in [1.165, 1.54) is 4.31 Å². The number of hydrogen-bond donors (Lipinski definition) is 0. The Morgan fingerprint density at radius 1 is 1.29 bits per heavy atom. The van der Waals surface area contributed by atoms with Gasteiger partial charge >= 0.3 is 0 Å². The van der Waals surface area contributed by atoms with Crippen LogP contribution in [0.15, 0.2) is 34.7 Å². The molecule has 0 aliphatic carbocycles. The van der Waals surface area contributed by atoms with Gasteiger partial charge in [0.1, 0.15) is 5.75 Å². The molecule has 0 bridgehead atoms. The zero-order valence-electron chi connectivity index (χ0n) is 13.6. The van der Waals surface area contributed by atoms with Gasteiger partial charge in [0.2, 0.25) is 15.9 Å². The number of sulfonamides is 1. The van der Waals surface area contributed by atoms with Crippen LogP contribution in [-0.2, 0) is 16.6 Å². The second kappa shape index (κ2) is 7.31. The molecule has 2 heterocycles. The summed E-state index contributed by atoms with van der Waals surface area (Å²) in [4.78, 5) is 0. The summed E-state index contributed by atoms with van der Waals surface area (Å²) in [7, 11) is -3.18. The average molecular weight is 351 g/mol. The second-order valence-electron chi connectivity index (χ2n) is 5.73. The van der Waals surface area contributed by atoms with Gasteiger partial charge < -0.3 is 9.15 Å². The number of aromatic nitrogens is 2. The summed E-state index contributed by atoms with van der Waals surface area (Å²) in [5.41, 5.74) is 0. The zero-order chi connectivity index (χ0) is 17.0. The summed E-state index contributed by atoms with van der Waals surface area (Å²) in [6.07, 6.45) is 1.64. The van der Waals surface area contributed by atoms with Crippen molar-refractivity contribution in [1.29, 1.82) is 0 Å². The lowest BCUT2D eigenvalue weighted by atomic mass is 10.00. The summed E-state index contributed by atoms with van der Waals surface area (Å²) in [6.45, 7) is 2.81. The number of para-hydroxylation sites is 1. The Kier molecular flexibility index (Phi) is 5.15. The molecule has 1 fully saturated rings. The standard InChI is InChI=1S/C16H21N3O4S/c1-2-24(20,21)19-10-6-7-13(11-19)16-18-17-15(23-16)12-22-14-8-4-3-5-9-14/h3-5,8-9,13H,2,6-7,10-12H2,1H3. The highest BCUT2D eigenvalue weighted by Crippen LogP contribution is 2.27. The van der Waals surface area contributed by atoms with Crippen molar-refractivity contribution in [2.24, 2.45) is 0 Å². The molecule has 0 spiro atoms. The maximum absolute atomic E-state index is 12.0. The highest BCUT2D eigenvalue weighted by molar-refractivity contribution is 7.89. The Morgan fingerprint density at radius 2 is 2.08 bits per heavy atom. The highest BCUT2D eigenvalue weighted by Gasteiger charge is 2.31. The molecule has 7 nitrogen and oxygen atoms in total. The zero-order valence-corrected chi connectivity index (χ0v) is 14.4. The van der Waals surface area contributed by atoms with E-state index >= 15 is 0 Å². The van der Waals surface area contributed by atoms with Crippen molar-refractivity contribution in [3.05, 3.63) is 42.1 Å².